The minimum atomic E-state index is -0.294. The molecule has 1 atom stereocenters. The summed E-state index contributed by atoms with van der Waals surface area (Å²) in [5.41, 5.74) is 1.32. The molecule has 0 radical (unpaired) electrons. The highest BCUT2D eigenvalue weighted by molar-refractivity contribution is 5.96. The van der Waals surface area contributed by atoms with E-state index >= 15 is 0 Å². The zero-order valence-electron chi connectivity index (χ0n) is 13.6. The molecular weight excluding hydrogens is 292 g/mol. The lowest BCUT2D eigenvalue weighted by atomic mass is 10.1. The van der Waals surface area contributed by atoms with E-state index in [1.165, 1.54) is 6.07 Å². The Hall–Kier alpha value is -2.53. The maximum atomic E-state index is 12.2. The summed E-state index contributed by atoms with van der Waals surface area (Å²) in [4.78, 5) is 14.3. The molecule has 1 unspecified atom stereocenters. The molecule has 1 amide bonds. The number of benzene rings is 2. The molecule has 122 valence electrons. The highest BCUT2D eigenvalue weighted by Crippen LogP contribution is 2.22. The van der Waals surface area contributed by atoms with Crippen LogP contribution in [0.2, 0.25) is 0 Å². The summed E-state index contributed by atoms with van der Waals surface area (Å²) in [6.07, 6.45) is 0. The maximum absolute atomic E-state index is 12.2. The summed E-state index contributed by atoms with van der Waals surface area (Å²) in [6, 6.07) is 14.3. The van der Waals surface area contributed by atoms with Crippen LogP contribution in [0.4, 0.5) is 0 Å². The minimum absolute atomic E-state index is 0.0000879. The molecular formula is C18H22N2O3. The molecule has 0 heterocycles. The van der Waals surface area contributed by atoms with Gasteiger partial charge in [-0.2, -0.15) is 0 Å². The van der Waals surface area contributed by atoms with Gasteiger partial charge in [-0.1, -0.05) is 24.3 Å². The Kier molecular flexibility index (Phi) is 5.60. The van der Waals surface area contributed by atoms with E-state index in [1.54, 1.807) is 25.3 Å². The summed E-state index contributed by atoms with van der Waals surface area (Å²) in [7, 11) is 5.54. The Balaban J connectivity index is 2.11. The number of likely N-dealkylation sites (N-methyl/N-ethyl adjacent to an activating group) is 1. The second-order valence-electron chi connectivity index (χ2n) is 5.48. The van der Waals surface area contributed by atoms with Crippen molar-refractivity contribution in [2.24, 2.45) is 0 Å². The van der Waals surface area contributed by atoms with Crippen LogP contribution < -0.4 is 10.1 Å². The van der Waals surface area contributed by atoms with E-state index in [4.69, 9.17) is 4.74 Å². The molecule has 0 fully saturated rings. The second kappa shape index (κ2) is 7.65. The minimum Gasteiger partial charge on any atom is -0.507 e. The van der Waals surface area contributed by atoms with Crippen molar-refractivity contribution < 1.29 is 14.6 Å². The van der Waals surface area contributed by atoms with Gasteiger partial charge in [-0.15, -0.1) is 0 Å². The number of phenolic OH excluding ortho intramolecular Hbond substituents is 1. The van der Waals surface area contributed by atoms with Crippen LogP contribution >= 0.6 is 0 Å². The number of methoxy groups -OCH3 is 1. The van der Waals surface area contributed by atoms with Crippen LogP contribution in [0.15, 0.2) is 48.5 Å². The van der Waals surface area contributed by atoms with Crippen LogP contribution in [0.1, 0.15) is 22.0 Å². The van der Waals surface area contributed by atoms with Gasteiger partial charge in [0.15, 0.2) is 0 Å². The molecule has 0 bridgehead atoms. The number of para-hydroxylation sites is 1. The first-order valence-corrected chi connectivity index (χ1v) is 7.39. The van der Waals surface area contributed by atoms with Gasteiger partial charge in [-0.05, 0) is 43.9 Å². The summed E-state index contributed by atoms with van der Waals surface area (Å²) in [6.45, 7) is 0.424. The maximum Gasteiger partial charge on any atom is 0.255 e. The van der Waals surface area contributed by atoms with E-state index in [2.05, 4.69) is 5.32 Å². The Labute approximate surface area is 136 Å². The van der Waals surface area contributed by atoms with E-state index in [-0.39, 0.29) is 23.3 Å². The number of hydrogen-bond acceptors (Lipinski definition) is 4. The molecule has 0 aromatic heterocycles. The third-order valence-corrected chi connectivity index (χ3v) is 3.71. The predicted octanol–water partition coefficient (Wildman–Crippen LogP) is 2.43. The lowest BCUT2D eigenvalue weighted by Gasteiger charge is -2.25. The molecule has 0 aliphatic heterocycles. The summed E-state index contributed by atoms with van der Waals surface area (Å²) >= 11 is 0. The topological polar surface area (TPSA) is 61.8 Å². The van der Waals surface area contributed by atoms with E-state index in [0.29, 0.717) is 6.54 Å². The van der Waals surface area contributed by atoms with Crippen molar-refractivity contribution in [2.75, 3.05) is 27.7 Å². The second-order valence-corrected chi connectivity index (χ2v) is 5.48. The summed E-state index contributed by atoms with van der Waals surface area (Å²) < 4.78 is 5.26. The van der Waals surface area contributed by atoms with Crippen LogP contribution in [0.5, 0.6) is 11.5 Å². The molecule has 5 heteroatoms. The first kappa shape index (κ1) is 16.8. The number of carbonyl (C=O) groups is 1. The summed E-state index contributed by atoms with van der Waals surface area (Å²) in [5.74, 6) is 0.465. The lowest BCUT2D eigenvalue weighted by molar-refractivity contribution is 0.0939. The molecule has 0 aliphatic carbocycles. The number of phenols is 1. The van der Waals surface area contributed by atoms with Crippen LogP contribution in [0, 0.1) is 0 Å². The fourth-order valence-electron chi connectivity index (χ4n) is 2.40. The van der Waals surface area contributed by atoms with Gasteiger partial charge < -0.3 is 20.1 Å². The number of amides is 1. The van der Waals surface area contributed by atoms with Gasteiger partial charge in [0.25, 0.3) is 5.91 Å². The number of ether oxygens (including phenoxy) is 1. The van der Waals surface area contributed by atoms with Gasteiger partial charge >= 0.3 is 0 Å². The SMILES string of the molecule is COc1cccc(C(CNC(=O)c2ccccc2O)N(C)C)c1. The Bertz CT molecular complexity index is 671. The Morgan fingerprint density at radius 1 is 1.22 bits per heavy atom. The number of rotatable bonds is 6. The number of nitrogens with one attached hydrogen (secondary N) is 1. The van der Waals surface area contributed by atoms with Gasteiger partial charge in [0.2, 0.25) is 0 Å². The zero-order chi connectivity index (χ0) is 16.8. The van der Waals surface area contributed by atoms with Crippen LogP contribution in [-0.4, -0.2) is 43.7 Å². The normalized spacial score (nSPS) is 12.0. The highest BCUT2D eigenvalue weighted by atomic mass is 16.5. The first-order chi connectivity index (χ1) is 11.0. The summed E-state index contributed by atoms with van der Waals surface area (Å²) in [5, 5.41) is 12.6. The van der Waals surface area contributed by atoms with Crippen molar-refractivity contribution in [1.82, 2.24) is 10.2 Å². The number of nitrogens with zero attached hydrogens (tertiary/aromatic N) is 1. The van der Waals surface area contributed by atoms with E-state index < -0.39 is 0 Å². The van der Waals surface area contributed by atoms with Gasteiger partial charge in [0, 0.05) is 6.54 Å². The zero-order valence-corrected chi connectivity index (χ0v) is 13.6. The van der Waals surface area contributed by atoms with Crippen LogP contribution in [0.3, 0.4) is 0 Å². The molecule has 2 N–H and O–H groups in total. The van der Waals surface area contributed by atoms with Gasteiger partial charge in [0.1, 0.15) is 11.5 Å². The third-order valence-electron chi connectivity index (χ3n) is 3.71. The fraction of sp³-hybridized carbons (Fsp3) is 0.278. The lowest BCUT2D eigenvalue weighted by Crippen LogP contribution is -2.34. The average molecular weight is 314 g/mol. The van der Waals surface area contributed by atoms with Crippen molar-refractivity contribution in [1.29, 1.82) is 0 Å². The standard InChI is InChI=1S/C18H22N2O3/c1-20(2)16(13-7-6-8-14(11-13)23-3)12-19-18(22)15-9-4-5-10-17(15)21/h4-11,16,21H,12H2,1-3H3,(H,19,22). The van der Waals surface area contributed by atoms with E-state index in [0.717, 1.165) is 11.3 Å². The van der Waals surface area contributed by atoms with Crippen molar-refractivity contribution >= 4 is 5.91 Å². The molecule has 2 aromatic carbocycles. The Morgan fingerprint density at radius 3 is 2.61 bits per heavy atom. The molecule has 0 saturated carbocycles. The predicted molar refractivity (Wildman–Crippen MR) is 89.9 cm³/mol. The van der Waals surface area contributed by atoms with Gasteiger partial charge in [0.05, 0.1) is 18.7 Å². The molecule has 0 aliphatic rings. The van der Waals surface area contributed by atoms with Crippen molar-refractivity contribution in [2.45, 2.75) is 6.04 Å². The molecule has 2 aromatic rings. The van der Waals surface area contributed by atoms with Crippen molar-refractivity contribution in [3.8, 4) is 11.5 Å². The smallest absolute Gasteiger partial charge is 0.255 e. The molecule has 2 rings (SSSR count). The number of carbonyl (C=O) groups excluding carboxylic acids is 1. The monoisotopic (exact) mass is 314 g/mol. The van der Waals surface area contributed by atoms with E-state index in [1.807, 2.05) is 43.3 Å². The largest absolute Gasteiger partial charge is 0.507 e. The van der Waals surface area contributed by atoms with Crippen molar-refractivity contribution in [3.63, 3.8) is 0 Å². The third kappa shape index (κ3) is 4.23. The number of aromatic hydroxyl groups is 1. The fourth-order valence-corrected chi connectivity index (χ4v) is 2.40. The van der Waals surface area contributed by atoms with Crippen LogP contribution in [0.25, 0.3) is 0 Å². The van der Waals surface area contributed by atoms with Gasteiger partial charge in [-0.25, -0.2) is 0 Å². The number of hydrogen-bond donors (Lipinski definition) is 2. The molecule has 23 heavy (non-hydrogen) atoms. The van der Waals surface area contributed by atoms with Gasteiger partial charge in [-0.3, -0.25) is 4.79 Å². The van der Waals surface area contributed by atoms with E-state index in [9.17, 15) is 9.90 Å². The van der Waals surface area contributed by atoms with Crippen molar-refractivity contribution in [3.05, 3.63) is 59.7 Å². The quantitative estimate of drug-likeness (QED) is 0.860. The molecule has 5 nitrogen and oxygen atoms in total. The highest BCUT2D eigenvalue weighted by Gasteiger charge is 2.17. The average Bonchev–Trinajstić information content (AvgIpc) is 2.55. The molecule has 0 spiro atoms. The Morgan fingerprint density at radius 2 is 1.96 bits per heavy atom. The van der Waals surface area contributed by atoms with Crippen LogP contribution in [-0.2, 0) is 0 Å². The first-order valence-electron chi connectivity index (χ1n) is 7.39. The molecule has 0 saturated heterocycles.